The third kappa shape index (κ3) is 4.99. The second-order valence-electron chi connectivity index (χ2n) is 8.49. The van der Waals surface area contributed by atoms with E-state index in [0.29, 0.717) is 22.4 Å². The predicted octanol–water partition coefficient (Wildman–Crippen LogP) is 2.02. The highest BCUT2D eigenvalue weighted by Crippen LogP contribution is 2.38. The molecule has 0 amide bonds. The van der Waals surface area contributed by atoms with Crippen LogP contribution in [0.25, 0.3) is 33.5 Å². The number of rotatable bonds is 6. The highest BCUT2D eigenvalue weighted by atomic mass is 32.2. The van der Waals surface area contributed by atoms with Crippen LogP contribution in [0, 0.1) is 0 Å². The van der Waals surface area contributed by atoms with Crippen LogP contribution in [0.5, 0.6) is 0 Å². The third-order valence-corrected chi connectivity index (χ3v) is 6.51. The summed E-state index contributed by atoms with van der Waals surface area (Å²) in [6.45, 7) is -0.634. The predicted molar refractivity (Wildman–Crippen MR) is 126 cm³/mol. The quantitative estimate of drug-likeness (QED) is 0.325. The van der Waals surface area contributed by atoms with E-state index < -0.39 is 53.2 Å². The number of aliphatic hydroxyl groups excluding tert-OH is 2. The van der Waals surface area contributed by atoms with Gasteiger partial charge >= 0.3 is 16.5 Å². The average Bonchev–Trinajstić information content (AvgIpc) is 3.42. The van der Waals surface area contributed by atoms with Gasteiger partial charge in [0.1, 0.15) is 35.8 Å². The molecule has 1 saturated heterocycles. The Morgan fingerprint density at radius 1 is 1.03 bits per heavy atom. The lowest BCUT2D eigenvalue weighted by Gasteiger charge is -2.16. The number of fused-ring (bicyclic) bond motifs is 1. The molecule has 11 nitrogen and oxygen atoms in total. The van der Waals surface area contributed by atoms with E-state index in [2.05, 4.69) is 19.1 Å². The number of aliphatic hydroxyl groups is 2. The van der Waals surface area contributed by atoms with Crippen LogP contribution in [-0.4, -0.2) is 63.1 Å². The fraction of sp³-hybridized carbons (Fsp3) is 0.261. The molecule has 5 rings (SSSR count). The minimum Gasteiger partial charge on any atom is -0.387 e. The number of nitrogens with zero attached hydrogens (tertiary/aromatic N) is 4. The molecule has 2 aromatic heterocycles. The number of aromatic nitrogens is 4. The van der Waals surface area contributed by atoms with E-state index in [1.54, 1.807) is 30.3 Å². The van der Waals surface area contributed by atoms with Crippen LogP contribution in [0.3, 0.4) is 0 Å². The maximum atomic E-state index is 13.3. The molecule has 1 aliphatic rings. The first-order valence-electron chi connectivity index (χ1n) is 11.1. The summed E-state index contributed by atoms with van der Waals surface area (Å²) in [4.78, 5) is 12.9. The van der Waals surface area contributed by atoms with Crippen molar-refractivity contribution < 1.29 is 40.7 Å². The van der Waals surface area contributed by atoms with E-state index in [9.17, 15) is 31.8 Å². The van der Waals surface area contributed by atoms with Gasteiger partial charge in [-0.25, -0.2) is 20.1 Å². The molecule has 0 spiro atoms. The van der Waals surface area contributed by atoms with Crippen molar-refractivity contribution in [1.82, 2.24) is 19.5 Å². The number of hydrogen-bond acceptors (Lipinski definition) is 9. The van der Waals surface area contributed by atoms with E-state index in [4.69, 9.17) is 9.88 Å². The standard InChI is InChI=1S/C23H20F3N5O6S/c24-23(25,26)13-5-3-4-12(8-13)14-6-1-2-7-15(14)17-18-21(29-10-28-17)31(11-30-18)22-20(33)19(32)16(37-22)9-36-38(27,34)35/h1-8,10-11,16,19-20,22,32-33H,9H2,(H2,27,34,35)/t16-,19-,20-,22-/m1/s1. The molecule has 38 heavy (non-hydrogen) atoms. The number of ether oxygens (including phenoxy) is 1. The third-order valence-electron chi connectivity index (χ3n) is 6.05. The van der Waals surface area contributed by atoms with Crippen molar-refractivity contribution in [2.24, 2.45) is 5.14 Å². The fourth-order valence-electron chi connectivity index (χ4n) is 4.30. The number of halogens is 3. The van der Waals surface area contributed by atoms with E-state index in [0.717, 1.165) is 12.1 Å². The highest BCUT2D eigenvalue weighted by molar-refractivity contribution is 7.84. The number of imidazole rings is 1. The van der Waals surface area contributed by atoms with Crippen molar-refractivity contribution >= 4 is 21.5 Å². The Morgan fingerprint density at radius 2 is 1.76 bits per heavy atom. The minimum absolute atomic E-state index is 0.193. The summed E-state index contributed by atoms with van der Waals surface area (Å²) in [5.74, 6) is 0. The summed E-state index contributed by atoms with van der Waals surface area (Å²) in [5, 5.41) is 25.7. The molecular formula is C23H20F3N5O6S. The Bertz CT molecular complexity index is 1600. The Kier molecular flexibility index (Phi) is 6.66. The van der Waals surface area contributed by atoms with Crippen LogP contribution >= 0.6 is 0 Å². The number of hydrogen-bond donors (Lipinski definition) is 3. The molecule has 2 aromatic carbocycles. The molecule has 3 heterocycles. The molecule has 0 bridgehead atoms. The molecule has 0 aliphatic carbocycles. The van der Waals surface area contributed by atoms with E-state index in [-0.39, 0.29) is 11.2 Å². The van der Waals surface area contributed by atoms with Crippen LogP contribution < -0.4 is 5.14 Å². The van der Waals surface area contributed by atoms with Crippen molar-refractivity contribution in [3.63, 3.8) is 0 Å². The molecule has 4 atom stereocenters. The molecule has 0 unspecified atom stereocenters. The molecule has 200 valence electrons. The van der Waals surface area contributed by atoms with Crippen LogP contribution in [0.4, 0.5) is 13.2 Å². The van der Waals surface area contributed by atoms with Gasteiger partial charge in [0.15, 0.2) is 11.9 Å². The summed E-state index contributed by atoms with van der Waals surface area (Å²) in [6.07, 6.45) is -7.47. The molecule has 1 fully saturated rings. The molecule has 4 N–H and O–H groups in total. The Balaban J connectivity index is 1.54. The van der Waals surface area contributed by atoms with E-state index >= 15 is 0 Å². The number of nitrogens with two attached hydrogens (primary N) is 1. The van der Waals surface area contributed by atoms with E-state index in [1.165, 1.54) is 23.3 Å². The summed E-state index contributed by atoms with van der Waals surface area (Å²) >= 11 is 0. The van der Waals surface area contributed by atoms with Gasteiger partial charge in [-0.05, 0) is 23.3 Å². The van der Waals surface area contributed by atoms with Gasteiger partial charge in [0.25, 0.3) is 0 Å². The normalized spacial score (nSPS) is 22.3. The zero-order chi connectivity index (χ0) is 27.2. The first kappa shape index (κ1) is 26.1. The lowest BCUT2D eigenvalue weighted by Crippen LogP contribution is -2.35. The monoisotopic (exact) mass is 551 g/mol. The van der Waals surface area contributed by atoms with Gasteiger partial charge in [0, 0.05) is 5.56 Å². The second-order valence-corrected chi connectivity index (χ2v) is 9.72. The maximum absolute atomic E-state index is 13.3. The van der Waals surface area contributed by atoms with Gasteiger partial charge in [-0.1, -0.05) is 36.4 Å². The van der Waals surface area contributed by atoms with Gasteiger partial charge in [-0.3, -0.25) is 8.75 Å². The van der Waals surface area contributed by atoms with Crippen molar-refractivity contribution in [1.29, 1.82) is 0 Å². The van der Waals surface area contributed by atoms with Crippen LogP contribution in [0.2, 0.25) is 0 Å². The summed E-state index contributed by atoms with van der Waals surface area (Å²) in [6, 6.07) is 11.6. The molecule has 4 aromatic rings. The topological polar surface area (TPSA) is 163 Å². The van der Waals surface area contributed by atoms with Gasteiger partial charge in [0.05, 0.1) is 18.5 Å². The Hall–Kier alpha value is -3.47. The lowest BCUT2D eigenvalue weighted by atomic mass is 9.96. The molecule has 15 heteroatoms. The van der Waals surface area contributed by atoms with Crippen molar-refractivity contribution in [3.05, 3.63) is 66.7 Å². The fourth-order valence-corrected chi connectivity index (χ4v) is 4.62. The summed E-state index contributed by atoms with van der Waals surface area (Å²) in [7, 11) is -4.31. The van der Waals surface area contributed by atoms with E-state index in [1.807, 2.05) is 0 Å². The van der Waals surface area contributed by atoms with Crippen LogP contribution in [-0.2, 0) is 25.4 Å². The van der Waals surface area contributed by atoms with Gasteiger partial charge in [-0.15, -0.1) is 0 Å². The largest absolute Gasteiger partial charge is 0.416 e. The van der Waals surface area contributed by atoms with Gasteiger partial charge in [-0.2, -0.15) is 21.6 Å². The molecule has 1 aliphatic heterocycles. The van der Waals surface area contributed by atoms with Crippen LogP contribution in [0.15, 0.2) is 61.2 Å². The Morgan fingerprint density at radius 3 is 2.47 bits per heavy atom. The number of alkyl halides is 3. The first-order chi connectivity index (χ1) is 17.9. The second kappa shape index (κ2) is 9.68. The average molecular weight is 552 g/mol. The molecular weight excluding hydrogens is 531 g/mol. The maximum Gasteiger partial charge on any atom is 0.416 e. The smallest absolute Gasteiger partial charge is 0.387 e. The Labute approximate surface area is 213 Å². The summed E-state index contributed by atoms with van der Waals surface area (Å²) < 4.78 is 73.6. The first-order valence-corrected chi connectivity index (χ1v) is 12.5. The molecule has 0 radical (unpaired) electrons. The SMILES string of the molecule is NS(=O)(=O)OC[C@H]1O[C@@H](n2cnc3c(-c4ccccc4-c4cccc(C(F)(F)F)c4)ncnc32)[C@H](O)[C@@H]1O. The lowest BCUT2D eigenvalue weighted by molar-refractivity contribution is -0.137. The zero-order valence-electron chi connectivity index (χ0n) is 19.2. The van der Waals surface area contributed by atoms with Crippen molar-refractivity contribution in [3.8, 4) is 22.4 Å². The van der Waals surface area contributed by atoms with Crippen molar-refractivity contribution in [2.75, 3.05) is 6.61 Å². The number of benzene rings is 2. The minimum atomic E-state index is -4.52. The highest BCUT2D eigenvalue weighted by Gasteiger charge is 2.45. The van der Waals surface area contributed by atoms with Gasteiger partial charge < -0.3 is 14.9 Å². The molecule has 0 saturated carbocycles. The van der Waals surface area contributed by atoms with Gasteiger partial charge in [0.2, 0.25) is 0 Å². The zero-order valence-corrected chi connectivity index (χ0v) is 20.0. The van der Waals surface area contributed by atoms with Crippen LogP contribution in [0.1, 0.15) is 11.8 Å². The summed E-state index contributed by atoms with van der Waals surface area (Å²) in [5.41, 5.74) is 1.23. The van der Waals surface area contributed by atoms with Crippen molar-refractivity contribution in [2.45, 2.75) is 30.7 Å².